The van der Waals surface area contributed by atoms with Crippen LogP contribution in [0.4, 0.5) is 5.82 Å². The van der Waals surface area contributed by atoms with Gasteiger partial charge in [0.05, 0.1) is 12.6 Å². The van der Waals surface area contributed by atoms with E-state index in [2.05, 4.69) is 10.4 Å². The van der Waals surface area contributed by atoms with Crippen LogP contribution in [0.5, 0.6) is 5.75 Å². The van der Waals surface area contributed by atoms with Crippen LogP contribution in [0.2, 0.25) is 0 Å². The van der Waals surface area contributed by atoms with Crippen LogP contribution in [0.3, 0.4) is 0 Å². The number of phenolic OH excluding ortho intramolecular Hbond substituents is 1. The fourth-order valence-electron chi connectivity index (χ4n) is 1.68. The molecule has 100 valence electrons. The van der Waals surface area contributed by atoms with Crippen LogP contribution < -0.4 is 11.1 Å². The number of nitrogens with two attached hydrogens (primary N) is 1. The minimum Gasteiger partial charge on any atom is -0.508 e. The maximum Gasteiger partial charge on any atom is 0.224 e. The Hall–Kier alpha value is -2.50. The molecule has 0 aliphatic carbocycles. The molecule has 0 aliphatic heterocycles. The van der Waals surface area contributed by atoms with E-state index < -0.39 is 0 Å². The molecule has 0 atom stereocenters. The molecule has 1 amide bonds. The first kappa shape index (κ1) is 12.9. The van der Waals surface area contributed by atoms with Crippen molar-refractivity contribution in [3.05, 3.63) is 41.6 Å². The standard InChI is InChI=1S/C13H16N4O2/c1-17-13(14)10(8-16-17)7-15-12(19)6-9-2-4-11(18)5-3-9/h2-5,8,18H,6-7,14H2,1H3,(H,15,19). The lowest BCUT2D eigenvalue weighted by Gasteiger charge is -2.05. The summed E-state index contributed by atoms with van der Waals surface area (Å²) in [6.45, 7) is 0.358. The van der Waals surface area contributed by atoms with Crippen molar-refractivity contribution in [2.45, 2.75) is 13.0 Å². The number of rotatable bonds is 4. The van der Waals surface area contributed by atoms with E-state index in [0.29, 0.717) is 12.4 Å². The molecule has 0 spiro atoms. The highest BCUT2D eigenvalue weighted by molar-refractivity contribution is 5.78. The van der Waals surface area contributed by atoms with Crippen LogP contribution in [0.1, 0.15) is 11.1 Å². The highest BCUT2D eigenvalue weighted by atomic mass is 16.3. The molecule has 0 unspecified atom stereocenters. The number of hydrogen-bond donors (Lipinski definition) is 3. The molecule has 0 aliphatic rings. The van der Waals surface area contributed by atoms with Gasteiger partial charge in [-0.2, -0.15) is 5.10 Å². The van der Waals surface area contributed by atoms with E-state index in [-0.39, 0.29) is 18.1 Å². The second kappa shape index (κ2) is 5.43. The van der Waals surface area contributed by atoms with Crippen molar-refractivity contribution in [2.75, 3.05) is 5.73 Å². The third-order valence-electron chi connectivity index (χ3n) is 2.84. The molecule has 6 heteroatoms. The fourth-order valence-corrected chi connectivity index (χ4v) is 1.68. The Kier molecular flexibility index (Phi) is 3.70. The highest BCUT2D eigenvalue weighted by Gasteiger charge is 2.07. The molecular weight excluding hydrogens is 244 g/mol. The van der Waals surface area contributed by atoms with E-state index in [1.54, 1.807) is 42.2 Å². The van der Waals surface area contributed by atoms with Crippen LogP contribution in [-0.4, -0.2) is 20.8 Å². The Morgan fingerprint density at radius 1 is 1.42 bits per heavy atom. The summed E-state index contributed by atoms with van der Waals surface area (Å²) in [7, 11) is 1.75. The minimum absolute atomic E-state index is 0.103. The first-order chi connectivity index (χ1) is 9.06. The van der Waals surface area contributed by atoms with Gasteiger partial charge in [0.2, 0.25) is 5.91 Å². The van der Waals surface area contributed by atoms with E-state index in [9.17, 15) is 4.79 Å². The number of carbonyl (C=O) groups excluding carboxylic acids is 1. The summed E-state index contributed by atoms with van der Waals surface area (Å²) >= 11 is 0. The predicted molar refractivity (Wildman–Crippen MR) is 71.3 cm³/mol. The van der Waals surface area contributed by atoms with Crippen LogP contribution >= 0.6 is 0 Å². The van der Waals surface area contributed by atoms with E-state index in [1.807, 2.05) is 0 Å². The Labute approximate surface area is 110 Å². The van der Waals surface area contributed by atoms with Gasteiger partial charge in [0.25, 0.3) is 0 Å². The lowest BCUT2D eigenvalue weighted by atomic mass is 10.1. The van der Waals surface area contributed by atoms with Gasteiger partial charge in [-0.25, -0.2) is 0 Å². The molecule has 1 aromatic heterocycles. The molecule has 2 rings (SSSR count). The SMILES string of the molecule is Cn1ncc(CNC(=O)Cc2ccc(O)cc2)c1N. The van der Waals surface area contributed by atoms with Crippen molar-refractivity contribution in [2.24, 2.45) is 7.05 Å². The third kappa shape index (κ3) is 3.25. The second-order valence-electron chi connectivity index (χ2n) is 4.30. The molecule has 0 radical (unpaired) electrons. The summed E-state index contributed by atoms with van der Waals surface area (Å²) in [4.78, 5) is 11.7. The van der Waals surface area contributed by atoms with Crippen molar-refractivity contribution < 1.29 is 9.90 Å². The second-order valence-corrected chi connectivity index (χ2v) is 4.30. The van der Waals surface area contributed by atoms with Gasteiger partial charge in [-0.1, -0.05) is 12.1 Å². The largest absolute Gasteiger partial charge is 0.508 e. The maximum atomic E-state index is 11.7. The normalized spacial score (nSPS) is 10.4. The Morgan fingerprint density at radius 2 is 2.11 bits per heavy atom. The van der Waals surface area contributed by atoms with Crippen molar-refractivity contribution in [3.8, 4) is 5.75 Å². The summed E-state index contributed by atoms with van der Waals surface area (Å²) in [6, 6.07) is 6.55. The molecule has 0 bridgehead atoms. The van der Waals surface area contributed by atoms with Gasteiger partial charge in [-0.3, -0.25) is 9.48 Å². The summed E-state index contributed by atoms with van der Waals surface area (Å²) in [6.07, 6.45) is 1.90. The predicted octanol–water partition coefficient (Wildman–Crippen LogP) is 0.567. The number of nitrogens with one attached hydrogen (secondary N) is 1. The molecule has 19 heavy (non-hydrogen) atoms. The number of benzene rings is 1. The van der Waals surface area contributed by atoms with E-state index in [4.69, 9.17) is 10.8 Å². The zero-order valence-corrected chi connectivity index (χ0v) is 10.6. The molecule has 0 fully saturated rings. The molecule has 1 aromatic carbocycles. The number of aromatic hydroxyl groups is 1. The first-order valence-corrected chi connectivity index (χ1v) is 5.87. The molecule has 2 aromatic rings. The molecule has 1 heterocycles. The monoisotopic (exact) mass is 260 g/mol. The molecular formula is C13H16N4O2. The zero-order valence-electron chi connectivity index (χ0n) is 10.6. The van der Waals surface area contributed by atoms with Crippen molar-refractivity contribution in [1.29, 1.82) is 0 Å². The average Bonchev–Trinajstić information content (AvgIpc) is 2.70. The topological polar surface area (TPSA) is 93.2 Å². The lowest BCUT2D eigenvalue weighted by Crippen LogP contribution is -2.24. The van der Waals surface area contributed by atoms with Gasteiger partial charge < -0.3 is 16.2 Å². The number of amides is 1. The van der Waals surface area contributed by atoms with E-state index in [0.717, 1.165) is 11.1 Å². The van der Waals surface area contributed by atoms with Crippen LogP contribution in [0.25, 0.3) is 0 Å². The van der Waals surface area contributed by atoms with Gasteiger partial charge in [-0.05, 0) is 17.7 Å². The summed E-state index contributed by atoms with van der Waals surface area (Å²) < 4.78 is 1.56. The number of aromatic nitrogens is 2. The van der Waals surface area contributed by atoms with Crippen molar-refractivity contribution in [1.82, 2.24) is 15.1 Å². The van der Waals surface area contributed by atoms with Crippen LogP contribution in [0.15, 0.2) is 30.5 Å². The molecule has 6 nitrogen and oxygen atoms in total. The highest BCUT2D eigenvalue weighted by Crippen LogP contribution is 2.11. The molecule has 4 N–H and O–H groups in total. The van der Waals surface area contributed by atoms with E-state index in [1.165, 1.54) is 0 Å². The Morgan fingerprint density at radius 3 is 2.68 bits per heavy atom. The Bertz CT molecular complexity index is 575. The van der Waals surface area contributed by atoms with Crippen LogP contribution in [0, 0.1) is 0 Å². The van der Waals surface area contributed by atoms with Gasteiger partial charge in [0, 0.05) is 19.2 Å². The summed E-state index contributed by atoms with van der Waals surface area (Å²) in [5, 5.41) is 15.9. The number of nitrogens with zero attached hydrogens (tertiary/aromatic N) is 2. The first-order valence-electron chi connectivity index (χ1n) is 5.87. The summed E-state index contributed by atoms with van der Waals surface area (Å²) in [5.74, 6) is 0.631. The number of aryl methyl sites for hydroxylation is 1. The number of phenols is 1. The smallest absolute Gasteiger partial charge is 0.224 e. The van der Waals surface area contributed by atoms with E-state index >= 15 is 0 Å². The van der Waals surface area contributed by atoms with Gasteiger partial charge in [-0.15, -0.1) is 0 Å². The summed E-state index contributed by atoms with van der Waals surface area (Å²) in [5.41, 5.74) is 7.41. The van der Waals surface area contributed by atoms with Gasteiger partial charge in [0.1, 0.15) is 11.6 Å². The van der Waals surface area contributed by atoms with Gasteiger partial charge in [0.15, 0.2) is 0 Å². The number of anilines is 1. The maximum absolute atomic E-state index is 11.7. The lowest BCUT2D eigenvalue weighted by molar-refractivity contribution is -0.120. The number of carbonyl (C=O) groups is 1. The quantitative estimate of drug-likeness (QED) is 0.749. The molecule has 0 saturated heterocycles. The van der Waals surface area contributed by atoms with Crippen molar-refractivity contribution >= 4 is 11.7 Å². The molecule has 0 saturated carbocycles. The third-order valence-corrected chi connectivity index (χ3v) is 2.84. The fraction of sp³-hybridized carbons (Fsp3) is 0.231. The number of nitrogen functional groups attached to an aromatic ring is 1. The van der Waals surface area contributed by atoms with Crippen molar-refractivity contribution in [3.63, 3.8) is 0 Å². The number of hydrogen-bond acceptors (Lipinski definition) is 4. The zero-order chi connectivity index (χ0) is 13.8. The van der Waals surface area contributed by atoms with Crippen LogP contribution in [-0.2, 0) is 24.8 Å². The minimum atomic E-state index is -0.103. The Balaban J connectivity index is 1.88. The van der Waals surface area contributed by atoms with Gasteiger partial charge >= 0.3 is 0 Å². The average molecular weight is 260 g/mol.